The summed E-state index contributed by atoms with van der Waals surface area (Å²) in [6, 6.07) is 27.5. The standard InChI is InChI=1S/C27H28N4O3S/c28-16-20-8-7-13-25(14-20)35(33,34)31-24-15-23(17-29-18-24)27(32)30-19-26(21-9-3-1-4-10-21)22-11-5-2-6-12-22/h1-14,23-24,26,29,31H,15,17-19H2,(H,30,32)/t23-,24-/m0/s1. The first-order chi connectivity index (χ1) is 17.0. The fourth-order valence-electron chi connectivity index (χ4n) is 4.40. The molecule has 1 amide bonds. The normalized spacial score (nSPS) is 18.1. The van der Waals surface area contributed by atoms with Gasteiger partial charge in [-0.05, 0) is 35.7 Å². The molecule has 180 valence electrons. The molecule has 4 rings (SSSR count). The van der Waals surface area contributed by atoms with E-state index in [1.165, 1.54) is 12.1 Å². The summed E-state index contributed by atoms with van der Waals surface area (Å²) in [4.78, 5) is 13.1. The molecule has 0 saturated carbocycles. The maximum Gasteiger partial charge on any atom is 0.240 e. The summed E-state index contributed by atoms with van der Waals surface area (Å²) in [6.07, 6.45) is 0.386. The van der Waals surface area contributed by atoms with Crippen LogP contribution < -0.4 is 15.4 Å². The average Bonchev–Trinajstić information content (AvgIpc) is 2.90. The fraction of sp³-hybridized carbons (Fsp3) is 0.259. The van der Waals surface area contributed by atoms with Crippen LogP contribution in [-0.4, -0.2) is 40.0 Å². The van der Waals surface area contributed by atoms with Crippen molar-refractivity contribution in [2.45, 2.75) is 23.3 Å². The van der Waals surface area contributed by atoms with E-state index in [0.717, 1.165) is 11.1 Å². The molecule has 35 heavy (non-hydrogen) atoms. The third-order valence-electron chi connectivity index (χ3n) is 6.20. The van der Waals surface area contributed by atoms with E-state index >= 15 is 0 Å². The van der Waals surface area contributed by atoms with Crippen molar-refractivity contribution in [3.8, 4) is 6.07 Å². The molecule has 7 nitrogen and oxygen atoms in total. The fourth-order valence-corrected chi connectivity index (χ4v) is 5.69. The van der Waals surface area contributed by atoms with Crippen molar-refractivity contribution in [1.82, 2.24) is 15.4 Å². The maximum absolute atomic E-state index is 13.1. The Bertz CT molecular complexity index is 1250. The van der Waals surface area contributed by atoms with Crippen molar-refractivity contribution >= 4 is 15.9 Å². The Kier molecular flexibility index (Phi) is 7.93. The van der Waals surface area contributed by atoms with E-state index in [-0.39, 0.29) is 28.2 Å². The van der Waals surface area contributed by atoms with E-state index in [1.807, 2.05) is 42.5 Å². The summed E-state index contributed by atoms with van der Waals surface area (Å²) >= 11 is 0. The molecule has 0 aromatic heterocycles. The summed E-state index contributed by atoms with van der Waals surface area (Å²) in [5.41, 5.74) is 2.51. The van der Waals surface area contributed by atoms with Gasteiger partial charge in [0, 0.05) is 31.6 Å². The lowest BCUT2D eigenvalue weighted by Gasteiger charge is -2.30. The first kappa shape index (κ1) is 24.6. The number of amides is 1. The van der Waals surface area contributed by atoms with Gasteiger partial charge < -0.3 is 10.6 Å². The molecule has 0 unspecified atom stereocenters. The number of nitriles is 1. The van der Waals surface area contributed by atoms with Gasteiger partial charge in [-0.3, -0.25) is 4.79 Å². The molecule has 3 aromatic carbocycles. The quantitative estimate of drug-likeness (QED) is 0.452. The smallest absolute Gasteiger partial charge is 0.240 e. The van der Waals surface area contributed by atoms with Crippen molar-refractivity contribution in [3.05, 3.63) is 102 Å². The second kappa shape index (κ2) is 11.3. The van der Waals surface area contributed by atoms with E-state index < -0.39 is 16.1 Å². The summed E-state index contributed by atoms with van der Waals surface area (Å²) in [6.45, 7) is 1.35. The van der Waals surface area contributed by atoms with Crippen LogP contribution >= 0.6 is 0 Å². The number of hydrogen-bond acceptors (Lipinski definition) is 5. The molecular weight excluding hydrogens is 460 g/mol. The van der Waals surface area contributed by atoms with Crippen LogP contribution in [0.15, 0.2) is 89.8 Å². The van der Waals surface area contributed by atoms with Crippen LogP contribution in [-0.2, 0) is 14.8 Å². The number of hydrogen-bond donors (Lipinski definition) is 3. The lowest BCUT2D eigenvalue weighted by atomic mass is 9.90. The molecule has 2 atom stereocenters. The third-order valence-corrected chi connectivity index (χ3v) is 7.72. The Morgan fingerprint density at radius 3 is 2.26 bits per heavy atom. The van der Waals surface area contributed by atoms with Crippen LogP contribution in [0, 0.1) is 17.2 Å². The number of nitrogens with zero attached hydrogens (tertiary/aromatic N) is 1. The van der Waals surface area contributed by atoms with Gasteiger partial charge in [0.1, 0.15) is 0 Å². The highest BCUT2D eigenvalue weighted by Crippen LogP contribution is 2.24. The molecule has 3 N–H and O–H groups in total. The van der Waals surface area contributed by atoms with Gasteiger partial charge in [0.05, 0.1) is 22.4 Å². The van der Waals surface area contributed by atoms with Gasteiger partial charge in [-0.2, -0.15) is 5.26 Å². The molecule has 1 fully saturated rings. The second-order valence-corrected chi connectivity index (χ2v) is 10.4. The van der Waals surface area contributed by atoms with Gasteiger partial charge in [-0.1, -0.05) is 66.7 Å². The van der Waals surface area contributed by atoms with Crippen molar-refractivity contribution in [2.75, 3.05) is 19.6 Å². The SMILES string of the molecule is N#Cc1cccc(S(=O)(=O)N[C@@H]2CNC[C@@H](C(=O)NCC(c3ccccc3)c3ccccc3)C2)c1. The first-order valence-corrected chi connectivity index (χ1v) is 13.1. The Labute approximate surface area is 206 Å². The number of sulfonamides is 1. The molecular formula is C27H28N4O3S. The molecule has 0 spiro atoms. The van der Waals surface area contributed by atoms with Gasteiger partial charge >= 0.3 is 0 Å². The van der Waals surface area contributed by atoms with Crippen molar-refractivity contribution in [1.29, 1.82) is 5.26 Å². The lowest BCUT2D eigenvalue weighted by Crippen LogP contribution is -2.52. The van der Waals surface area contributed by atoms with Crippen LogP contribution in [0.4, 0.5) is 0 Å². The van der Waals surface area contributed by atoms with E-state index in [4.69, 9.17) is 5.26 Å². The second-order valence-electron chi connectivity index (χ2n) is 8.67. The topological polar surface area (TPSA) is 111 Å². The lowest BCUT2D eigenvalue weighted by molar-refractivity contribution is -0.125. The number of nitrogens with one attached hydrogen (secondary N) is 3. The number of carbonyl (C=O) groups excluding carboxylic acids is 1. The van der Waals surface area contributed by atoms with E-state index in [2.05, 4.69) is 39.6 Å². The van der Waals surface area contributed by atoms with E-state index in [0.29, 0.717) is 26.1 Å². The maximum atomic E-state index is 13.1. The molecule has 0 radical (unpaired) electrons. The van der Waals surface area contributed by atoms with Gasteiger partial charge in [0.15, 0.2) is 0 Å². The average molecular weight is 489 g/mol. The summed E-state index contributed by atoms with van der Waals surface area (Å²) in [5, 5.41) is 15.3. The zero-order valence-electron chi connectivity index (χ0n) is 19.2. The Morgan fingerprint density at radius 2 is 1.63 bits per heavy atom. The zero-order chi connectivity index (χ0) is 24.7. The molecule has 0 bridgehead atoms. The van der Waals surface area contributed by atoms with Crippen molar-refractivity contribution in [2.24, 2.45) is 5.92 Å². The number of carbonyl (C=O) groups is 1. The number of benzene rings is 3. The van der Waals surface area contributed by atoms with Crippen LogP contribution in [0.25, 0.3) is 0 Å². The third kappa shape index (κ3) is 6.34. The summed E-state index contributed by atoms with van der Waals surface area (Å²) in [5.74, 6) is -0.460. The number of piperidine rings is 1. The molecule has 1 aliphatic rings. The molecule has 1 heterocycles. The van der Waals surface area contributed by atoms with Gasteiger partial charge in [-0.25, -0.2) is 13.1 Å². The molecule has 1 aliphatic heterocycles. The highest BCUT2D eigenvalue weighted by Gasteiger charge is 2.30. The van der Waals surface area contributed by atoms with Crippen LogP contribution in [0.2, 0.25) is 0 Å². The minimum atomic E-state index is -3.81. The van der Waals surface area contributed by atoms with E-state index in [9.17, 15) is 13.2 Å². The Morgan fingerprint density at radius 1 is 0.971 bits per heavy atom. The van der Waals surface area contributed by atoms with Crippen molar-refractivity contribution in [3.63, 3.8) is 0 Å². The Hall–Kier alpha value is -3.51. The Balaban J connectivity index is 1.40. The van der Waals surface area contributed by atoms with Crippen molar-refractivity contribution < 1.29 is 13.2 Å². The van der Waals surface area contributed by atoms with Gasteiger partial charge in [0.25, 0.3) is 0 Å². The monoisotopic (exact) mass is 488 g/mol. The molecule has 1 saturated heterocycles. The molecule has 3 aromatic rings. The van der Waals surface area contributed by atoms with Crippen LogP contribution in [0.3, 0.4) is 0 Å². The van der Waals surface area contributed by atoms with Gasteiger partial charge in [0.2, 0.25) is 15.9 Å². The molecule has 8 heteroatoms. The van der Waals surface area contributed by atoms with E-state index in [1.54, 1.807) is 12.1 Å². The predicted octanol–water partition coefficient (Wildman–Crippen LogP) is 2.76. The number of rotatable bonds is 8. The minimum Gasteiger partial charge on any atom is -0.355 e. The highest BCUT2D eigenvalue weighted by atomic mass is 32.2. The predicted molar refractivity (Wildman–Crippen MR) is 134 cm³/mol. The van der Waals surface area contributed by atoms with Crippen LogP contribution in [0.1, 0.15) is 29.0 Å². The van der Waals surface area contributed by atoms with Crippen LogP contribution in [0.5, 0.6) is 0 Å². The molecule has 0 aliphatic carbocycles. The minimum absolute atomic E-state index is 0.0135. The first-order valence-electron chi connectivity index (χ1n) is 11.6. The summed E-state index contributed by atoms with van der Waals surface area (Å²) < 4.78 is 28.3. The summed E-state index contributed by atoms with van der Waals surface area (Å²) in [7, 11) is -3.81. The highest BCUT2D eigenvalue weighted by molar-refractivity contribution is 7.89. The zero-order valence-corrected chi connectivity index (χ0v) is 20.0. The van der Waals surface area contributed by atoms with Gasteiger partial charge in [-0.15, -0.1) is 0 Å². The largest absolute Gasteiger partial charge is 0.355 e.